The lowest BCUT2D eigenvalue weighted by Gasteiger charge is -2.24. The second-order valence-electron chi connectivity index (χ2n) is 5.43. The van der Waals surface area contributed by atoms with Crippen molar-refractivity contribution >= 4 is 11.6 Å². The van der Waals surface area contributed by atoms with Crippen LogP contribution in [0.4, 0.5) is 0 Å². The number of furan rings is 1. The molecule has 0 aliphatic carbocycles. The van der Waals surface area contributed by atoms with Gasteiger partial charge in [-0.25, -0.2) is 0 Å². The van der Waals surface area contributed by atoms with Gasteiger partial charge < -0.3 is 9.73 Å². The van der Waals surface area contributed by atoms with Crippen LogP contribution in [0.25, 0.3) is 0 Å². The molecule has 0 saturated heterocycles. The zero-order valence-electron chi connectivity index (χ0n) is 11.2. The summed E-state index contributed by atoms with van der Waals surface area (Å²) in [7, 11) is 0. The van der Waals surface area contributed by atoms with Crippen molar-refractivity contribution in [3.63, 3.8) is 0 Å². The smallest absolute Gasteiger partial charge is 0.193 e. The summed E-state index contributed by atoms with van der Waals surface area (Å²) in [5, 5.41) is 3.89. The molecule has 0 atom stereocenters. The lowest BCUT2D eigenvalue weighted by molar-refractivity contribution is 0.297. The second-order valence-corrected chi connectivity index (χ2v) is 5.80. The summed E-state index contributed by atoms with van der Waals surface area (Å²) in [5.74, 6) is 0.902. The molecule has 1 aromatic rings. The molecule has 0 spiro atoms. The van der Waals surface area contributed by atoms with Gasteiger partial charge in [-0.3, -0.25) is 0 Å². The third-order valence-electron chi connectivity index (χ3n) is 2.99. The van der Waals surface area contributed by atoms with Crippen LogP contribution in [-0.2, 0) is 6.54 Å². The van der Waals surface area contributed by atoms with Crippen molar-refractivity contribution in [2.24, 2.45) is 5.41 Å². The molecular weight excluding hydrogens is 234 g/mol. The zero-order chi connectivity index (χ0) is 12.7. The molecule has 0 saturated carbocycles. The first-order valence-corrected chi connectivity index (χ1v) is 6.86. The highest BCUT2D eigenvalue weighted by Crippen LogP contribution is 2.23. The van der Waals surface area contributed by atoms with E-state index in [1.54, 1.807) is 6.07 Å². The van der Waals surface area contributed by atoms with Crippen LogP contribution in [0.2, 0.25) is 5.22 Å². The zero-order valence-corrected chi connectivity index (χ0v) is 11.9. The van der Waals surface area contributed by atoms with Gasteiger partial charge in [0.1, 0.15) is 5.76 Å². The van der Waals surface area contributed by atoms with Crippen LogP contribution in [-0.4, -0.2) is 6.54 Å². The molecule has 1 aromatic heterocycles. The lowest BCUT2D eigenvalue weighted by atomic mass is 9.87. The van der Waals surface area contributed by atoms with E-state index in [1.807, 2.05) is 6.07 Å². The van der Waals surface area contributed by atoms with E-state index in [0.717, 1.165) is 18.8 Å². The Labute approximate surface area is 110 Å². The molecule has 0 amide bonds. The summed E-state index contributed by atoms with van der Waals surface area (Å²) < 4.78 is 5.30. The van der Waals surface area contributed by atoms with Crippen molar-refractivity contribution in [1.82, 2.24) is 5.32 Å². The molecule has 0 bridgehead atoms. The van der Waals surface area contributed by atoms with Crippen LogP contribution in [0, 0.1) is 5.41 Å². The van der Waals surface area contributed by atoms with Crippen LogP contribution >= 0.6 is 11.6 Å². The van der Waals surface area contributed by atoms with Gasteiger partial charge in [-0.2, -0.15) is 0 Å². The maximum atomic E-state index is 5.72. The van der Waals surface area contributed by atoms with Crippen LogP contribution in [0.3, 0.4) is 0 Å². The van der Waals surface area contributed by atoms with Crippen molar-refractivity contribution in [2.45, 2.75) is 53.0 Å². The molecule has 0 unspecified atom stereocenters. The molecule has 0 fully saturated rings. The van der Waals surface area contributed by atoms with E-state index in [1.165, 1.54) is 25.7 Å². The van der Waals surface area contributed by atoms with E-state index in [0.29, 0.717) is 10.6 Å². The first-order chi connectivity index (χ1) is 8.03. The van der Waals surface area contributed by atoms with Crippen molar-refractivity contribution in [3.05, 3.63) is 23.1 Å². The Hall–Kier alpha value is -0.470. The van der Waals surface area contributed by atoms with Crippen molar-refractivity contribution in [2.75, 3.05) is 6.54 Å². The molecule has 1 N–H and O–H groups in total. The van der Waals surface area contributed by atoms with Gasteiger partial charge in [-0.15, -0.1) is 0 Å². The SMILES string of the molecule is CCCCCC(C)(C)CNCc1ccc(Cl)o1. The quantitative estimate of drug-likeness (QED) is 0.687. The van der Waals surface area contributed by atoms with Gasteiger partial charge in [0.25, 0.3) is 0 Å². The molecule has 2 nitrogen and oxygen atoms in total. The third kappa shape index (κ3) is 6.13. The molecule has 1 rings (SSSR count). The topological polar surface area (TPSA) is 25.2 Å². The van der Waals surface area contributed by atoms with E-state index in [2.05, 4.69) is 26.1 Å². The predicted octanol–water partition coefficient (Wildman–Crippen LogP) is 4.63. The number of halogens is 1. The van der Waals surface area contributed by atoms with Crippen molar-refractivity contribution in [3.8, 4) is 0 Å². The van der Waals surface area contributed by atoms with Gasteiger partial charge in [0, 0.05) is 6.54 Å². The fraction of sp³-hybridized carbons (Fsp3) is 0.714. The highest BCUT2D eigenvalue weighted by Gasteiger charge is 2.16. The standard InChI is InChI=1S/C14H24ClNO/c1-4-5-6-9-14(2,3)11-16-10-12-7-8-13(15)17-12/h7-8,16H,4-6,9-11H2,1-3H3. The summed E-state index contributed by atoms with van der Waals surface area (Å²) in [4.78, 5) is 0. The molecular formula is C14H24ClNO. The summed E-state index contributed by atoms with van der Waals surface area (Å²) in [6.45, 7) is 8.63. The highest BCUT2D eigenvalue weighted by molar-refractivity contribution is 6.28. The average molecular weight is 258 g/mol. The molecule has 0 aliphatic heterocycles. The first kappa shape index (κ1) is 14.6. The van der Waals surface area contributed by atoms with Gasteiger partial charge in [0.2, 0.25) is 0 Å². The average Bonchev–Trinajstić information content (AvgIpc) is 2.64. The highest BCUT2D eigenvalue weighted by atomic mass is 35.5. The maximum Gasteiger partial charge on any atom is 0.193 e. The minimum atomic E-state index is 0.353. The van der Waals surface area contributed by atoms with E-state index in [-0.39, 0.29) is 0 Å². The maximum absolute atomic E-state index is 5.72. The van der Waals surface area contributed by atoms with Gasteiger partial charge in [-0.1, -0.05) is 40.0 Å². The minimum absolute atomic E-state index is 0.353. The first-order valence-electron chi connectivity index (χ1n) is 6.48. The Bertz CT molecular complexity index is 320. The summed E-state index contributed by atoms with van der Waals surface area (Å²) in [6.07, 6.45) is 5.20. The van der Waals surface area contributed by atoms with Gasteiger partial charge in [0.15, 0.2) is 5.22 Å². The van der Waals surface area contributed by atoms with Gasteiger partial charge in [-0.05, 0) is 35.6 Å². The molecule has 1 heterocycles. The van der Waals surface area contributed by atoms with E-state index in [9.17, 15) is 0 Å². The number of unbranched alkanes of at least 4 members (excludes halogenated alkanes) is 2. The van der Waals surface area contributed by atoms with Crippen LogP contribution < -0.4 is 5.32 Å². The van der Waals surface area contributed by atoms with E-state index < -0.39 is 0 Å². The fourth-order valence-corrected chi connectivity index (χ4v) is 2.07. The molecule has 0 aliphatic rings. The van der Waals surface area contributed by atoms with Crippen molar-refractivity contribution < 1.29 is 4.42 Å². The lowest BCUT2D eigenvalue weighted by Crippen LogP contribution is -2.28. The van der Waals surface area contributed by atoms with Gasteiger partial charge >= 0.3 is 0 Å². The molecule has 0 radical (unpaired) electrons. The largest absolute Gasteiger partial charge is 0.448 e. The van der Waals surface area contributed by atoms with Crippen molar-refractivity contribution in [1.29, 1.82) is 0 Å². The number of nitrogens with one attached hydrogen (secondary N) is 1. The summed E-state index contributed by atoms with van der Waals surface area (Å²) in [6, 6.07) is 3.70. The normalized spacial score (nSPS) is 12.0. The third-order valence-corrected chi connectivity index (χ3v) is 3.19. The molecule has 0 aromatic carbocycles. The summed E-state index contributed by atoms with van der Waals surface area (Å²) in [5.41, 5.74) is 0.353. The monoisotopic (exact) mass is 257 g/mol. The summed E-state index contributed by atoms with van der Waals surface area (Å²) >= 11 is 5.72. The van der Waals surface area contributed by atoms with E-state index in [4.69, 9.17) is 16.0 Å². The van der Waals surface area contributed by atoms with Crippen LogP contribution in [0.15, 0.2) is 16.5 Å². The van der Waals surface area contributed by atoms with Gasteiger partial charge in [0.05, 0.1) is 6.54 Å². The van der Waals surface area contributed by atoms with Crippen LogP contribution in [0.5, 0.6) is 0 Å². The Morgan fingerprint density at radius 1 is 1.29 bits per heavy atom. The predicted molar refractivity (Wildman–Crippen MR) is 73.3 cm³/mol. The molecule has 3 heteroatoms. The minimum Gasteiger partial charge on any atom is -0.448 e. The fourth-order valence-electron chi connectivity index (χ4n) is 1.91. The molecule has 98 valence electrons. The van der Waals surface area contributed by atoms with Crippen LogP contribution in [0.1, 0.15) is 52.2 Å². The Balaban J connectivity index is 2.20. The number of rotatable bonds is 8. The molecule has 17 heavy (non-hydrogen) atoms. The number of hydrogen-bond donors (Lipinski definition) is 1. The Morgan fingerprint density at radius 2 is 2.06 bits per heavy atom. The number of hydrogen-bond acceptors (Lipinski definition) is 2. The second kappa shape index (κ2) is 7.07. The Kier molecular flexibility index (Phi) is 6.07. The van der Waals surface area contributed by atoms with E-state index >= 15 is 0 Å². The Morgan fingerprint density at radius 3 is 2.65 bits per heavy atom.